The second-order valence-electron chi connectivity index (χ2n) is 3.41. The second kappa shape index (κ2) is 3.58. The summed E-state index contributed by atoms with van der Waals surface area (Å²) < 4.78 is 0. The van der Waals surface area contributed by atoms with Crippen molar-refractivity contribution >= 4 is 0 Å². The predicted octanol–water partition coefficient (Wildman–Crippen LogP) is 2.76. The van der Waals surface area contributed by atoms with Crippen molar-refractivity contribution in [1.82, 2.24) is 9.97 Å². The van der Waals surface area contributed by atoms with Gasteiger partial charge in [0.25, 0.3) is 0 Å². The summed E-state index contributed by atoms with van der Waals surface area (Å²) in [7, 11) is 0. The first-order chi connectivity index (χ1) is 6.75. The predicted molar refractivity (Wildman–Crippen MR) is 56.9 cm³/mol. The van der Waals surface area contributed by atoms with E-state index in [1.807, 2.05) is 6.92 Å². The molecule has 1 aromatic carbocycles. The molecule has 0 fully saturated rings. The first-order valence-electron chi connectivity index (χ1n) is 4.61. The molecule has 70 valence electrons. The molecule has 0 aliphatic carbocycles. The van der Waals surface area contributed by atoms with Crippen LogP contribution in [0.15, 0.2) is 36.7 Å². The summed E-state index contributed by atoms with van der Waals surface area (Å²) in [5.74, 6) is 0. The van der Waals surface area contributed by atoms with E-state index in [1.54, 1.807) is 12.4 Å². The highest BCUT2D eigenvalue weighted by molar-refractivity contribution is 5.58. The van der Waals surface area contributed by atoms with E-state index in [2.05, 4.69) is 41.2 Å². The molecule has 0 saturated carbocycles. The molecule has 0 unspecified atom stereocenters. The number of hydrogen-bond donors (Lipinski definition) is 0. The van der Waals surface area contributed by atoms with Crippen LogP contribution in [0.3, 0.4) is 0 Å². The smallest absolute Gasteiger partial charge is 0.0888 e. The Bertz CT molecular complexity index is 432. The minimum Gasteiger partial charge on any atom is -0.261 e. The molecule has 2 nitrogen and oxygen atoms in total. The molecule has 2 heteroatoms. The molecule has 14 heavy (non-hydrogen) atoms. The number of hydrogen-bond acceptors (Lipinski definition) is 2. The topological polar surface area (TPSA) is 25.8 Å². The minimum absolute atomic E-state index is 0.935. The maximum absolute atomic E-state index is 4.41. The van der Waals surface area contributed by atoms with Crippen LogP contribution >= 0.6 is 0 Å². The van der Waals surface area contributed by atoms with Crippen molar-refractivity contribution in [1.29, 1.82) is 0 Å². The molecule has 0 amide bonds. The normalized spacial score (nSPS) is 10.1. The number of aromatic nitrogens is 2. The maximum Gasteiger partial charge on any atom is 0.0888 e. The molecule has 2 rings (SSSR count). The zero-order valence-corrected chi connectivity index (χ0v) is 8.36. The third-order valence-corrected chi connectivity index (χ3v) is 2.10. The Morgan fingerprint density at radius 1 is 0.929 bits per heavy atom. The van der Waals surface area contributed by atoms with Gasteiger partial charge < -0.3 is 0 Å². The largest absolute Gasteiger partial charge is 0.261 e. The summed E-state index contributed by atoms with van der Waals surface area (Å²) in [6, 6.07) is 8.30. The SMILES string of the molecule is Cc1ccc(-c2cncc(C)n2)cc1. The van der Waals surface area contributed by atoms with Gasteiger partial charge in [-0.15, -0.1) is 0 Å². The summed E-state index contributed by atoms with van der Waals surface area (Å²) in [5, 5.41) is 0. The van der Waals surface area contributed by atoms with Crippen LogP contribution in [0, 0.1) is 13.8 Å². The zero-order valence-electron chi connectivity index (χ0n) is 8.36. The summed E-state index contributed by atoms with van der Waals surface area (Å²) >= 11 is 0. The van der Waals surface area contributed by atoms with Gasteiger partial charge in [-0.25, -0.2) is 4.98 Å². The van der Waals surface area contributed by atoms with Gasteiger partial charge in [-0.05, 0) is 13.8 Å². The molecular formula is C12H12N2. The van der Waals surface area contributed by atoms with Gasteiger partial charge in [-0.2, -0.15) is 0 Å². The highest BCUT2D eigenvalue weighted by Crippen LogP contribution is 2.16. The van der Waals surface area contributed by atoms with Crippen LogP contribution in [0.5, 0.6) is 0 Å². The van der Waals surface area contributed by atoms with E-state index in [4.69, 9.17) is 0 Å². The lowest BCUT2D eigenvalue weighted by Gasteiger charge is -2.01. The minimum atomic E-state index is 0.935. The van der Waals surface area contributed by atoms with Crippen LogP contribution in [0.2, 0.25) is 0 Å². The molecule has 0 aliphatic rings. The molecule has 2 aromatic rings. The highest BCUT2D eigenvalue weighted by Gasteiger charge is 1.98. The lowest BCUT2D eigenvalue weighted by molar-refractivity contribution is 1.12. The van der Waals surface area contributed by atoms with Crippen LogP contribution in [0.4, 0.5) is 0 Å². The summed E-state index contributed by atoms with van der Waals surface area (Å²) in [5.41, 5.74) is 4.26. The van der Waals surface area contributed by atoms with Crippen molar-refractivity contribution in [3.63, 3.8) is 0 Å². The Labute approximate surface area is 83.7 Å². The Hall–Kier alpha value is -1.70. The van der Waals surface area contributed by atoms with Gasteiger partial charge in [0, 0.05) is 11.8 Å². The van der Waals surface area contributed by atoms with Crippen molar-refractivity contribution in [3.8, 4) is 11.3 Å². The van der Waals surface area contributed by atoms with Gasteiger partial charge in [0.05, 0.1) is 17.6 Å². The van der Waals surface area contributed by atoms with Gasteiger partial charge in [-0.1, -0.05) is 29.8 Å². The lowest BCUT2D eigenvalue weighted by atomic mass is 10.1. The molecule has 0 N–H and O–H groups in total. The van der Waals surface area contributed by atoms with E-state index in [0.29, 0.717) is 0 Å². The summed E-state index contributed by atoms with van der Waals surface area (Å²) in [6.45, 7) is 4.02. The van der Waals surface area contributed by atoms with Crippen LogP contribution in [0.25, 0.3) is 11.3 Å². The van der Waals surface area contributed by atoms with Crippen molar-refractivity contribution in [3.05, 3.63) is 47.9 Å². The molecule has 0 bridgehead atoms. The first-order valence-corrected chi connectivity index (χ1v) is 4.61. The van der Waals surface area contributed by atoms with Gasteiger partial charge in [-0.3, -0.25) is 4.98 Å². The third-order valence-electron chi connectivity index (χ3n) is 2.10. The van der Waals surface area contributed by atoms with Crippen molar-refractivity contribution < 1.29 is 0 Å². The van der Waals surface area contributed by atoms with E-state index in [9.17, 15) is 0 Å². The molecule has 1 heterocycles. The Morgan fingerprint density at radius 3 is 2.29 bits per heavy atom. The number of benzene rings is 1. The van der Waals surface area contributed by atoms with Crippen molar-refractivity contribution in [2.75, 3.05) is 0 Å². The quantitative estimate of drug-likeness (QED) is 0.681. The van der Waals surface area contributed by atoms with E-state index >= 15 is 0 Å². The number of nitrogens with zero attached hydrogens (tertiary/aromatic N) is 2. The number of rotatable bonds is 1. The van der Waals surface area contributed by atoms with E-state index in [1.165, 1.54) is 5.56 Å². The summed E-state index contributed by atoms with van der Waals surface area (Å²) in [4.78, 5) is 8.53. The lowest BCUT2D eigenvalue weighted by Crippen LogP contribution is -1.88. The van der Waals surface area contributed by atoms with Crippen LogP contribution in [-0.4, -0.2) is 9.97 Å². The van der Waals surface area contributed by atoms with Crippen molar-refractivity contribution in [2.24, 2.45) is 0 Å². The maximum atomic E-state index is 4.41. The first kappa shape index (κ1) is 8.88. The van der Waals surface area contributed by atoms with Gasteiger partial charge >= 0.3 is 0 Å². The fourth-order valence-electron chi connectivity index (χ4n) is 1.33. The molecule has 0 radical (unpaired) electrons. The van der Waals surface area contributed by atoms with E-state index in [-0.39, 0.29) is 0 Å². The molecule has 0 saturated heterocycles. The standard InChI is InChI=1S/C12H12N2/c1-9-3-5-11(6-4-9)12-8-13-7-10(2)14-12/h3-8H,1-2H3. The summed E-state index contributed by atoms with van der Waals surface area (Å²) in [6.07, 6.45) is 3.55. The molecule has 0 atom stereocenters. The average molecular weight is 184 g/mol. The Balaban J connectivity index is 2.44. The van der Waals surface area contributed by atoms with Crippen LogP contribution < -0.4 is 0 Å². The fraction of sp³-hybridized carbons (Fsp3) is 0.167. The van der Waals surface area contributed by atoms with Gasteiger partial charge in [0.15, 0.2) is 0 Å². The molecule has 1 aromatic heterocycles. The van der Waals surface area contributed by atoms with Crippen LogP contribution in [-0.2, 0) is 0 Å². The monoisotopic (exact) mass is 184 g/mol. The molecule has 0 aliphatic heterocycles. The second-order valence-corrected chi connectivity index (χ2v) is 3.41. The van der Waals surface area contributed by atoms with Gasteiger partial charge in [0.2, 0.25) is 0 Å². The fourth-order valence-corrected chi connectivity index (χ4v) is 1.33. The zero-order chi connectivity index (χ0) is 9.97. The molecular weight excluding hydrogens is 172 g/mol. The third kappa shape index (κ3) is 1.79. The average Bonchev–Trinajstić information content (AvgIpc) is 2.19. The Morgan fingerprint density at radius 2 is 1.64 bits per heavy atom. The highest BCUT2D eigenvalue weighted by atomic mass is 14.8. The van der Waals surface area contributed by atoms with E-state index < -0.39 is 0 Å². The van der Waals surface area contributed by atoms with E-state index in [0.717, 1.165) is 17.0 Å². The van der Waals surface area contributed by atoms with Gasteiger partial charge in [0.1, 0.15) is 0 Å². The Kier molecular flexibility index (Phi) is 2.27. The molecule has 0 spiro atoms. The number of aryl methyl sites for hydroxylation is 2. The van der Waals surface area contributed by atoms with Crippen LogP contribution in [0.1, 0.15) is 11.3 Å². The van der Waals surface area contributed by atoms with Crippen molar-refractivity contribution in [2.45, 2.75) is 13.8 Å².